The van der Waals surface area contributed by atoms with Gasteiger partial charge in [0, 0.05) is 12.8 Å². The molecule has 73 heavy (non-hydrogen) atoms. The lowest BCUT2D eigenvalue weighted by Gasteiger charge is -2.28. The minimum atomic E-state index is -1.84. The molecule has 0 saturated heterocycles. The summed E-state index contributed by atoms with van der Waals surface area (Å²) in [5.41, 5.74) is 23.1. The summed E-state index contributed by atoms with van der Waals surface area (Å²) in [5.74, 6) is -10.5. The van der Waals surface area contributed by atoms with Crippen molar-refractivity contribution in [2.75, 3.05) is 26.3 Å². The quantitative estimate of drug-likeness (QED) is 0.0280. The van der Waals surface area contributed by atoms with E-state index in [1.165, 1.54) is 6.92 Å². The van der Waals surface area contributed by atoms with Crippen LogP contribution in [0.1, 0.15) is 98.0 Å². The Morgan fingerprint density at radius 2 is 0.904 bits per heavy atom. The van der Waals surface area contributed by atoms with Gasteiger partial charge in [0.2, 0.25) is 53.2 Å². The molecule has 0 heterocycles. The van der Waals surface area contributed by atoms with Gasteiger partial charge >= 0.3 is 5.97 Å². The van der Waals surface area contributed by atoms with E-state index in [1.807, 2.05) is 0 Å². The molecule has 0 aromatic heterocycles. The Morgan fingerprint density at radius 3 is 1.30 bits per heavy atom. The van der Waals surface area contributed by atoms with Crippen LogP contribution in [0.15, 0.2) is 30.3 Å². The molecule has 1 rings (SSSR count). The van der Waals surface area contributed by atoms with Gasteiger partial charge in [0.05, 0.1) is 19.3 Å². The molecule has 26 nitrogen and oxygen atoms in total. The van der Waals surface area contributed by atoms with Gasteiger partial charge in [0.1, 0.15) is 54.4 Å². The molecule has 0 radical (unpaired) electrons. The van der Waals surface area contributed by atoms with Gasteiger partial charge in [-0.1, -0.05) is 58.0 Å². The molecular formula is C47H80N12O14. The Bertz CT molecular complexity index is 1960. The standard InChI is InChI=1S/C47H80N12O14/c1-25(2)21-32(56-46(71)37(51)27(5)62)42(67)55-33(22-28-13-7-6-8-14-28)43(68)52-29(15-9-11-19-48)39(64)54-31(17-18-36(50)63)40(65)57-35(24-61)45(70)58-34(23-60)44(69)53-30(16-10-12-20-49)41(66)59-38(26(3)4)47(72)73/h6-8,13-14,25-27,29-35,37-38,60-62H,9-12,15-24,48-49,51H2,1-5H3,(H2,50,63)(H,52,68)(H,53,69)(H,54,64)(H,55,67)(H,56,71)(H,57,65)(H,58,70)(H,59,66)(H,72,73)/t27-,29+,30+,31+,32+,33+,34+,35+,37+,38+/m1/s1. The van der Waals surface area contributed by atoms with E-state index in [0.29, 0.717) is 24.8 Å². The second kappa shape index (κ2) is 34.2. The van der Waals surface area contributed by atoms with Gasteiger partial charge < -0.3 is 85.9 Å². The third-order valence-electron chi connectivity index (χ3n) is 11.4. The number of carbonyl (C=O) groups excluding carboxylic acids is 9. The minimum Gasteiger partial charge on any atom is -0.480 e. The number of amides is 9. The van der Waals surface area contributed by atoms with Crippen molar-refractivity contribution in [1.29, 1.82) is 0 Å². The highest BCUT2D eigenvalue weighted by atomic mass is 16.4. The summed E-state index contributed by atoms with van der Waals surface area (Å²) in [4.78, 5) is 133. The lowest BCUT2D eigenvalue weighted by molar-refractivity contribution is -0.143. The second-order valence-corrected chi connectivity index (χ2v) is 18.5. The maximum absolute atomic E-state index is 14.2. The van der Waals surface area contributed by atoms with Gasteiger partial charge in [0.25, 0.3) is 0 Å². The number of rotatable bonds is 36. The summed E-state index contributed by atoms with van der Waals surface area (Å²) in [6.07, 6.45) is -0.735. The van der Waals surface area contributed by atoms with E-state index in [1.54, 1.807) is 58.0 Å². The highest BCUT2D eigenvalue weighted by molar-refractivity contribution is 5.98. The molecule has 0 aliphatic heterocycles. The largest absolute Gasteiger partial charge is 0.480 e. The number of aliphatic hydroxyl groups is 3. The number of hydrogen-bond acceptors (Lipinski definition) is 16. The lowest BCUT2D eigenvalue weighted by atomic mass is 10.00. The number of nitrogens with one attached hydrogen (secondary N) is 8. The topological polar surface area (TPSA) is 452 Å². The second-order valence-electron chi connectivity index (χ2n) is 18.5. The van der Waals surface area contributed by atoms with Crippen LogP contribution in [0.25, 0.3) is 0 Å². The molecule has 0 bridgehead atoms. The van der Waals surface area contributed by atoms with E-state index in [-0.39, 0.29) is 51.1 Å². The Morgan fingerprint density at radius 1 is 0.521 bits per heavy atom. The summed E-state index contributed by atoms with van der Waals surface area (Å²) in [6.45, 7) is 6.36. The van der Waals surface area contributed by atoms with Gasteiger partial charge in [-0.15, -0.1) is 0 Å². The highest BCUT2D eigenvalue weighted by Crippen LogP contribution is 2.12. The van der Waals surface area contributed by atoms with E-state index >= 15 is 0 Å². The normalized spacial score (nSPS) is 15.4. The van der Waals surface area contributed by atoms with E-state index in [9.17, 15) is 68.4 Å². The maximum atomic E-state index is 14.2. The fourth-order valence-corrected chi connectivity index (χ4v) is 7.12. The predicted molar refractivity (Wildman–Crippen MR) is 266 cm³/mol. The SMILES string of the molecule is CC(C)C[C@H](NC(=O)[C@@H](N)[C@@H](C)O)C(=O)N[C@@H](Cc1ccccc1)C(=O)N[C@@H](CCCCN)C(=O)N[C@@H](CCC(N)=O)C(=O)N[C@@H](CO)C(=O)N[C@@H](CO)C(=O)N[C@@H](CCCCN)C(=O)N[C@H](C(=O)O)C(C)C. The number of carbonyl (C=O) groups is 10. The molecule has 1 aromatic carbocycles. The Hall–Kier alpha value is -6.32. The monoisotopic (exact) mass is 1040 g/mol. The minimum absolute atomic E-state index is 0.00332. The first-order valence-corrected chi connectivity index (χ1v) is 24.4. The zero-order chi connectivity index (χ0) is 55.4. The molecule has 0 unspecified atom stereocenters. The molecule has 0 fully saturated rings. The Kier molecular flexibility index (Phi) is 30.3. The average molecular weight is 1040 g/mol. The summed E-state index contributed by atoms with van der Waals surface area (Å²) in [6, 6.07) is -4.66. The van der Waals surface area contributed by atoms with Crippen LogP contribution in [0.3, 0.4) is 0 Å². The van der Waals surface area contributed by atoms with E-state index < -0.39 is 152 Å². The number of carboxylic acids is 1. The van der Waals surface area contributed by atoms with Gasteiger partial charge in [-0.05, 0) is 88.8 Å². The van der Waals surface area contributed by atoms with Crippen molar-refractivity contribution in [2.24, 2.45) is 34.8 Å². The van der Waals surface area contributed by atoms with Crippen LogP contribution >= 0.6 is 0 Å². The smallest absolute Gasteiger partial charge is 0.326 e. The molecule has 1 aromatic rings. The van der Waals surface area contributed by atoms with Crippen LogP contribution in [0.4, 0.5) is 0 Å². The number of benzene rings is 1. The van der Waals surface area contributed by atoms with Gasteiger partial charge in [-0.2, -0.15) is 0 Å². The number of aliphatic carboxylic acids is 1. The van der Waals surface area contributed by atoms with Crippen molar-refractivity contribution in [1.82, 2.24) is 42.5 Å². The highest BCUT2D eigenvalue weighted by Gasteiger charge is 2.35. The number of nitrogens with two attached hydrogens (primary N) is 4. The molecule has 0 aliphatic rings. The molecule has 9 amide bonds. The van der Waals surface area contributed by atoms with Crippen molar-refractivity contribution in [3.63, 3.8) is 0 Å². The summed E-state index contributed by atoms with van der Waals surface area (Å²) >= 11 is 0. The third-order valence-corrected chi connectivity index (χ3v) is 11.4. The number of aliphatic hydroxyl groups excluding tert-OH is 3. The Labute approximate surface area is 425 Å². The first-order chi connectivity index (χ1) is 34.4. The third kappa shape index (κ3) is 24.3. The van der Waals surface area contributed by atoms with E-state index in [2.05, 4.69) is 42.5 Å². The number of hydrogen-bond donors (Lipinski definition) is 16. The average Bonchev–Trinajstić information content (AvgIpc) is 3.33. The van der Waals surface area contributed by atoms with Gasteiger partial charge in [-0.3, -0.25) is 43.2 Å². The van der Waals surface area contributed by atoms with Crippen LogP contribution in [-0.2, 0) is 54.4 Å². The fraction of sp³-hybridized carbons (Fsp3) is 0.660. The molecule has 412 valence electrons. The zero-order valence-corrected chi connectivity index (χ0v) is 42.4. The molecule has 0 aliphatic carbocycles. The summed E-state index contributed by atoms with van der Waals surface area (Å²) in [7, 11) is 0. The first kappa shape index (κ1) is 64.7. The number of unbranched alkanes of at least 4 members (excludes halogenated alkanes) is 2. The van der Waals surface area contributed by atoms with Crippen molar-refractivity contribution < 1.29 is 68.4 Å². The number of carboxylic acid groups (broad SMARTS) is 1. The van der Waals surface area contributed by atoms with Crippen LogP contribution in [0.2, 0.25) is 0 Å². The summed E-state index contributed by atoms with van der Waals surface area (Å²) < 4.78 is 0. The van der Waals surface area contributed by atoms with Crippen LogP contribution in [-0.4, -0.2) is 166 Å². The molecule has 20 N–H and O–H groups in total. The first-order valence-electron chi connectivity index (χ1n) is 24.4. The molecule has 26 heteroatoms. The van der Waals surface area contributed by atoms with Crippen molar-refractivity contribution >= 4 is 59.1 Å². The zero-order valence-electron chi connectivity index (χ0n) is 42.4. The predicted octanol–water partition coefficient (Wildman–Crippen LogP) is -4.89. The van der Waals surface area contributed by atoms with Crippen molar-refractivity contribution in [3.05, 3.63) is 35.9 Å². The van der Waals surface area contributed by atoms with Crippen LogP contribution < -0.4 is 65.5 Å². The van der Waals surface area contributed by atoms with Crippen molar-refractivity contribution in [2.45, 2.75) is 159 Å². The molecular weight excluding hydrogens is 957 g/mol. The van der Waals surface area contributed by atoms with E-state index in [4.69, 9.17) is 22.9 Å². The lowest BCUT2D eigenvalue weighted by Crippen LogP contribution is -2.61. The van der Waals surface area contributed by atoms with Crippen molar-refractivity contribution in [3.8, 4) is 0 Å². The van der Waals surface area contributed by atoms with Crippen LogP contribution in [0, 0.1) is 11.8 Å². The van der Waals surface area contributed by atoms with Gasteiger partial charge in [0.15, 0.2) is 0 Å². The fourth-order valence-electron chi connectivity index (χ4n) is 7.12. The molecule has 10 atom stereocenters. The van der Waals surface area contributed by atoms with Crippen LogP contribution in [0.5, 0.6) is 0 Å². The number of primary amides is 1. The Balaban J connectivity index is 3.44. The molecule has 0 spiro atoms. The molecule has 0 saturated carbocycles. The van der Waals surface area contributed by atoms with E-state index in [0.717, 1.165) is 0 Å². The van der Waals surface area contributed by atoms with Gasteiger partial charge in [-0.25, -0.2) is 4.79 Å². The maximum Gasteiger partial charge on any atom is 0.326 e. The summed E-state index contributed by atoms with van der Waals surface area (Å²) in [5, 5.41) is 59.3.